The van der Waals surface area contributed by atoms with Gasteiger partial charge in [0.25, 0.3) is 5.79 Å². The molecular formula is C20H21N3O4S. The highest BCUT2D eigenvalue weighted by atomic mass is 32.1. The van der Waals surface area contributed by atoms with Crippen molar-refractivity contribution in [3.05, 3.63) is 29.3 Å². The van der Waals surface area contributed by atoms with Crippen molar-refractivity contribution in [3.8, 4) is 11.5 Å². The van der Waals surface area contributed by atoms with Gasteiger partial charge < -0.3 is 14.8 Å². The molecule has 1 aromatic heterocycles. The van der Waals surface area contributed by atoms with Crippen LogP contribution in [0.5, 0.6) is 11.5 Å². The Labute approximate surface area is 166 Å². The van der Waals surface area contributed by atoms with E-state index in [1.54, 1.807) is 4.90 Å². The normalized spacial score (nSPS) is 19.6. The summed E-state index contributed by atoms with van der Waals surface area (Å²) in [5.41, 5.74) is 1.34. The molecule has 146 valence electrons. The van der Waals surface area contributed by atoms with E-state index in [-0.39, 0.29) is 18.2 Å². The summed E-state index contributed by atoms with van der Waals surface area (Å²) in [4.78, 5) is 30.4. The average Bonchev–Trinajstić information content (AvgIpc) is 3.43. The Morgan fingerprint density at radius 1 is 1.21 bits per heavy atom. The van der Waals surface area contributed by atoms with Gasteiger partial charge in [-0.25, -0.2) is 4.98 Å². The molecule has 3 heterocycles. The predicted molar refractivity (Wildman–Crippen MR) is 105 cm³/mol. The summed E-state index contributed by atoms with van der Waals surface area (Å²) in [6.45, 7) is 0.705. The molecule has 1 aliphatic carbocycles. The summed E-state index contributed by atoms with van der Waals surface area (Å²) in [6, 6.07) is 5.48. The van der Waals surface area contributed by atoms with Gasteiger partial charge in [0.05, 0.1) is 12.1 Å². The minimum absolute atomic E-state index is 0.103. The van der Waals surface area contributed by atoms with E-state index in [9.17, 15) is 9.59 Å². The minimum Gasteiger partial charge on any atom is -0.448 e. The fourth-order valence-corrected chi connectivity index (χ4v) is 4.88. The van der Waals surface area contributed by atoms with Crippen molar-refractivity contribution in [2.45, 2.75) is 50.7 Å². The Kier molecular flexibility index (Phi) is 4.23. The molecule has 0 unspecified atom stereocenters. The standard InChI is InChI=1S/C20H21N3O4S/c24-17(11-14-12-28-19(22-14)23-9-3-4-18(23)25)21-13-5-6-15-16(10-13)27-20(26-15)7-1-2-8-20/h5-6,10,12H,1-4,7-9,11H2,(H,21,24). The van der Waals surface area contributed by atoms with Gasteiger partial charge in [0, 0.05) is 42.9 Å². The second kappa shape index (κ2) is 6.77. The van der Waals surface area contributed by atoms with Crippen molar-refractivity contribution >= 4 is 34.0 Å². The van der Waals surface area contributed by atoms with Crippen LogP contribution in [-0.2, 0) is 16.0 Å². The van der Waals surface area contributed by atoms with Crippen LogP contribution in [-0.4, -0.2) is 29.1 Å². The summed E-state index contributed by atoms with van der Waals surface area (Å²) in [5.74, 6) is 0.863. The largest absolute Gasteiger partial charge is 0.448 e. The molecule has 1 saturated heterocycles. The molecule has 7 nitrogen and oxygen atoms in total. The Balaban J connectivity index is 1.22. The van der Waals surface area contributed by atoms with Crippen LogP contribution in [0, 0.1) is 0 Å². The van der Waals surface area contributed by atoms with Crippen LogP contribution < -0.4 is 19.7 Å². The number of nitrogens with one attached hydrogen (secondary N) is 1. The van der Waals surface area contributed by atoms with Gasteiger partial charge in [0.15, 0.2) is 16.6 Å². The lowest BCUT2D eigenvalue weighted by atomic mass is 10.2. The van der Waals surface area contributed by atoms with Crippen molar-refractivity contribution in [3.63, 3.8) is 0 Å². The quantitative estimate of drug-likeness (QED) is 0.851. The van der Waals surface area contributed by atoms with E-state index in [1.807, 2.05) is 23.6 Å². The lowest BCUT2D eigenvalue weighted by molar-refractivity contribution is -0.117. The smallest absolute Gasteiger partial charge is 0.251 e. The van der Waals surface area contributed by atoms with Crippen LogP contribution in [0.2, 0.25) is 0 Å². The first-order valence-corrected chi connectivity index (χ1v) is 10.5. The summed E-state index contributed by atoms with van der Waals surface area (Å²) in [5, 5.41) is 5.41. The zero-order chi connectivity index (χ0) is 19.1. The van der Waals surface area contributed by atoms with Crippen LogP contribution in [0.1, 0.15) is 44.2 Å². The molecule has 2 aliphatic heterocycles. The molecule has 28 heavy (non-hydrogen) atoms. The van der Waals surface area contributed by atoms with Crippen molar-refractivity contribution < 1.29 is 19.1 Å². The summed E-state index contributed by atoms with van der Waals surface area (Å²) in [6.07, 6.45) is 5.61. The predicted octanol–water partition coefficient (Wildman–Crippen LogP) is 3.49. The first-order valence-electron chi connectivity index (χ1n) is 9.67. The maximum Gasteiger partial charge on any atom is 0.251 e. The van der Waals surface area contributed by atoms with Crippen LogP contribution in [0.15, 0.2) is 23.6 Å². The molecule has 1 spiro atoms. The first-order chi connectivity index (χ1) is 13.6. The zero-order valence-electron chi connectivity index (χ0n) is 15.4. The minimum atomic E-state index is -0.505. The maximum atomic E-state index is 12.4. The second-order valence-corrected chi connectivity index (χ2v) is 8.32. The fourth-order valence-electron chi connectivity index (χ4n) is 4.01. The van der Waals surface area contributed by atoms with Gasteiger partial charge in [-0.3, -0.25) is 14.5 Å². The van der Waals surface area contributed by atoms with Gasteiger partial charge >= 0.3 is 0 Å². The van der Waals surface area contributed by atoms with Gasteiger partial charge in [-0.05, 0) is 31.4 Å². The van der Waals surface area contributed by atoms with Gasteiger partial charge in [-0.2, -0.15) is 0 Å². The zero-order valence-corrected chi connectivity index (χ0v) is 16.2. The third-order valence-corrected chi connectivity index (χ3v) is 6.28. The number of carbonyl (C=O) groups is 2. The van der Waals surface area contributed by atoms with E-state index in [0.29, 0.717) is 35.2 Å². The van der Waals surface area contributed by atoms with Crippen LogP contribution in [0.25, 0.3) is 0 Å². The number of benzene rings is 1. The number of aromatic nitrogens is 1. The molecule has 0 atom stereocenters. The highest BCUT2D eigenvalue weighted by molar-refractivity contribution is 7.14. The first kappa shape index (κ1) is 17.5. The van der Waals surface area contributed by atoms with Crippen LogP contribution >= 0.6 is 11.3 Å². The number of thiazole rings is 1. The fraction of sp³-hybridized carbons (Fsp3) is 0.450. The summed E-state index contributed by atoms with van der Waals surface area (Å²) < 4.78 is 12.0. The Morgan fingerprint density at radius 3 is 2.82 bits per heavy atom. The number of rotatable bonds is 4. The van der Waals surface area contributed by atoms with Gasteiger partial charge in [-0.15, -0.1) is 11.3 Å². The monoisotopic (exact) mass is 399 g/mol. The topological polar surface area (TPSA) is 80.8 Å². The average molecular weight is 399 g/mol. The Morgan fingerprint density at radius 2 is 2.04 bits per heavy atom. The number of anilines is 2. The molecule has 1 N–H and O–H groups in total. The van der Waals surface area contributed by atoms with Crippen LogP contribution in [0.3, 0.4) is 0 Å². The van der Waals surface area contributed by atoms with Gasteiger partial charge in [0.1, 0.15) is 0 Å². The van der Waals surface area contributed by atoms with E-state index in [0.717, 1.165) is 37.9 Å². The van der Waals surface area contributed by atoms with E-state index in [4.69, 9.17) is 9.47 Å². The molecule has 0 radical (unpaired) electrons. The number of nitrogens with zero attached hydrogens (tertiary/aromatic N) is 2. The molecule has 5 rings (SSSR count). The molecule has 8 heteroatoms. The van der Waals surface area contributed by atoms with Crippen molar-refractivity contribution in [2.24, 2.45) is 0 Å². The molecule has 0 bridgehead atoms. The number of ether oxygens (including phenoxy) is 2. The SMILES string of the molecule is O=C(Cc1csc(N2CCCC2=O)n1)Nc1ccc2c(c1)OC1(CCCC1)O2. The van der Waals surface area contributed by atoms with Crippen molar-refractivity contribution in [1.82, 2.24) is 4.98 Å². The number of hydrogen-bond donors (Lipinski definition) is 1. The Bertz CT molecular complexity index is 935. The van der Waals surface area contributed by atoms with Gasteiger partial charge in [0.2, 0.25) is 11.8 Å². The lowest BCUT2D eigenvalue weighted by Gasteiger charge is -2.21. The van der Waals surface area contributed by atoms with E-state index >= 15 is 0 Å². The maximum absolute atomic E-state index is 12.4. The van der Waals surface area contributed by atoms with E-state index in [2.05, 4.69) is 10.3 Å². The number of carbonyl (C=O) groups excluding carboxylic acids is 2. The van der Waals surface area contributed by atoms with E-state index < -0.39 is 5.79 Å². The van der Waals surface area contributed by atoms with E-state index in [1.165, 1.54) is 11.3 Å². The molecule has 1 saturated carbocycles. The molecule has 3 aliphatic rings. The third kappa shape index (κ3) is 3.22. The summed E-state index contributed by atoms with van der Waals surface area (Å²) >= 11 is 1.40. The number of hydrogen-bond acceptors (Lipinski definition) is 6. The molecule has 2 amide bonds. The Hall–Kier alpha value is -2.61. The molecular weight excluding hydrogens is 378 g/mol. The summed E-state index contributed by atoms with van der Waals surface area (Å²) in [7, 11) is 0. The second-order valence-electron chi connectivity index (χ2n) is 7.48. The number of fused-ring (bicyclic) bond motifs is 1. The number of amides is 2. The highest BCUT2D eigenvalue weighted by Crippen LogP contribution is 2.47. The molecule has 2 fully saturated rings. The lowest BCUT2D eigenvalue weighted by Crippen LogP contribution is -2.34. The highest BCUT2D eigenvalue weighted by Gasteiger charge is 2.44. The van der Waals surface area contributed by atoms with Crippen molar-refractivity contribution in [1.29, 1.82) is 0 Å². The van der Waals surface area contributed by atoms with Crippen molar-refractivity contribution in [2.75, 3.05) is 16.8 Å². The van der Waals surface area contributed by atoms with Crippen LogP contribution in [0.4, 0.5) is 10.8 Å². The van der Waals surface area contributed by atoms with Gasteiger partial charge in [-0.1, -0.05) is 0 Å². The molecule has 2 aromatic rings. The molecule has 1 aromatic carbocycles. The third-order valence-electron chi connectivity index (χ3n) is 5.37.